The summed E-state index contributed by atoms with van der Waals surface area (Å²) in [5.41, 5.74) is 0. The molecule has 0 aromatic carbocycles. The van der Waals surface area contributed by atoms with Gasteiger partial charge < -0.3 is 19.7 Å². The summed E-state index contributed by atoms with van der Waals surface area (Å²) in [6, 6.07) is 0. The van der Waals surface area contributed by atoms with Crippen molar-refractivity contribution < 1.29 is 19.7 Å². The number of aliphatic hydroxyl groups is 2. The third-order valence-corrected chi connectivity index (χ3v) is 1.95. The zero-order chi connectivity index (χ0) is 13.0. The first kappa shape index (κ1) is 16.3. The number of hydrogen-bond donors (Lipinski definition) is 2. The van der Waals surface area contributed by atoms with Crippen LogP contribution in [0.3, 0.4) is 0 Å². The van der Waals surface area contributed by atoms with Crippen molar-refractivity contribution in [2.75, 3.05) is 13.2 Å². The molecule has 0 amide bonds. The first-order valence-electron chi connectivity index (χ1n) is 6.15. The molecule has 2 N–H and O–H groups in total. The van der Waals surface area contributed by atoms with E-state index in [9.17, 15) is 10.2 Å². The highest BCUT2D eigenvalue weighted by molar-refractivity contribution is 4.80. The van der Waals surface area contributed by atoms with E-state index in [0.717, 1.165) is 12.8 Å². The van der Waals surface area contributed by atoms with Crippen molar-refractivity contribution in [3.05, 3.63) is 24.3 Å². The van der Waals surface area contributed by atoms with Gasteiger partial charge in [-0.2, -0.15) is 0 Å². The molecule has 0 fully saturated rings. The summed E-state index contributed by atoms with van der Waals surface area (Å²) in [5.74, 6) is 0. The van der Waals surface area contributed by atoms with Gasteiger partial charge in [0.05, 0.1) is 13.2 Å². The number of ether oxygens (including phenoxy) is 2. The van der Waals surface area contributed by atoms with Crippen LogP contribution in [0.4, 0.5) is 0 Å². The summed E-state index contributed by atoms with van der Waals surface area (Å²) < 4.78 is 9.59. The predicted molar refractivity (Wildman–Crippen MR) is 67.2 cm³/mol. The number of allylic oxidation sites excluding steroid dienone is 2. The van der Waals surface area contributed by atoms with Crippen molar-refractivity contribution in [1.29, 1.82) is 0 Å². The fourth-order valence-corrected chi connectivity index (χ4v) is 1.13. The lowest BCUT2D eigenvalue weighted by molar-refractivity contribution is -0.469. The maximum Gasteiger partial charge on any atom is 0.407 e. The van der Waals surface area contributed by atoms with Crippen molar-refractivity contribution >= 4 is 0 Å². The lowest BCUT2D eigenvalue weighted by Gasteiger charge is -2.20. The average molecular weight is 244 g/mol. The molecule has 0 aliphatic heterocycles. The van der Waals surface area contributed by atoms with Crippen LogP contribution >= 0.6 is 0 Å². The summed E-state index contributed by atoms with van der Waals surface area (Å²) in [6.07, 6.45) is 8.57. The molecule has 4 nitrogen and oxygen atoms in total. The zero-order valence-electron chi connectivity index (χ0n) is 10.8. The minimum absolute atomic E-state index is 0.217. The van der Waals surface area contributed by atoms with Gasteiger partial charge in [-0.15, -0.1) is 0 Å². The van der Waals surface area contributed by atoms with Gasteiger partial charge >= 0.3 is 6.16 Å². The normalized spacial score (nSPS) is 12.9. The van der Waals surface area contributed by atoms with E-state index in [-0.39, 0.29) is 13.2 Å². The number of rotatable bonds is 10. The highest BCUT2D eigenvalue weighted by Gasteiger charge is 2.24. The van der Waals surface area contributed by atoms with Gasteiger partial charge in [-0.25, -0.2) is 0 Å². The second kappa shape index (κ2) is 10.5. The Hall–Kier alpha value is -0.680. The van der Waals surface area contributed by atoms with Gasteiger partial charge in [0.15, 0.2) is 0 Å². The van der Waals surface area contributed by atoms with Crippen LogP contribution in [0.5, 0.6) is 0 Å². The first-order chi connectivity index (χ1) is 8.12. The van der Waals surface area contributed by atoms with Gasteiger partial charge in [0.1, 0.15) is 0 Å². The van der Waals surface area contributed by atoms with Crippen molar-refractivity contribution in [1.82, 2.24) is 0 Å². The van der Waals surface area contributed by atoms with E-state index in [1.807, 2.05) is 38.2 Å². The fraction of sp³-hybridized carbons (Fsp3) is 0.692. The molecule has 0 aromatic rings. The van der Waals surface area contributed by atoms with E-state index in [4.69, 9.17) is 9.47 Å². The molecule has 0 saturated heterocycles. The van der Waals surface area contributed by atoms with Crippen molar-refractivity contribution in [2.45, 2.75) is 45.7 Å². The molecule has 0 aromatic heterocycles. The average Bonchev–Trinajstić information content (AvgIpc) is 2.28. The van der Waals surface area contributed by atoms with Gasteiger partial charge in [0.25, 0.3) is 0 Å². The Morgan fingerprint density at radius 1 is 0.824 bits per heavy atom. The minimum atomic E-state index is -2.47. The molecular weight excluding hydrogens is 220 g/mol. The molecule has 0 aliphatic carbocycles. The molecule has 17 heavy (non-hydrogen) atoms. The molecular formula is C13H24O4. The van der Waals surface area contributed by atoms with E-state index in [1.165, 1.54) is 0 Å². The van der Waals surface area contributed by atoms with Crippen LogP contribution in [0.25, 0.3) is 0 Å². The van der Waals surface area contributed by atoms with Crippen LogP contribution in [0.1, 0.15) is 39.5 Å². The second-order valence-corrected chi connectivity index (χ2v) is 3.58. The monoisotopic (exact) mass is 244 g/mol. The lowest BCUT2D eigenvalue weighted by Crippen LogP contribution is -2.36. The highest BCUT2D eigenvalue weighted by atomic mass is 16.9. The van der Waals surface area contributed by atoms with E-state index in [2.05, 4.69) is 0 Å². The predicted octanol–water partition coefficient (Wildman–Crippen LogP) is 2.33. The fourth-order valence-electron chi connectivity index (χ4n) is 1.13. The molecule has 0 atom stereocenters. The minimum Gasteiger partial charge on any atom is -0.319 e. The Morgan fingerprint density at radius 3 is 1.59 bits per heavy atom. The third-order valence-electron chi connectivity index (χ3n) is 1.95. The van der Waals surface area contributed by atoms with E-state index in [0.29, 0.717) is 12.8 Å². The lowest BCUT2D eigenvalue weighted by atomic mass is 10.3. The molecule has 0 heterocycles. The summed E-state index contributed by atoms with van der Waals surface area (Å²) in [5, 5.41) is 18.6. The maximum atomic E-state index is 9.29. The second-order valence-electron chi connectivity index (χ2n) is 3.58. The molecule has 0 bridgehead atoms. The Morgan fingerprint density at radius 2 is 1.24 bits per heavy atom. The van der Waals surface area contributed by atoms with Crippen LogP contribution in [0.2, 0.25) is 0 Å². The molecule has 0 spiro atoms. The Balaban J connectivity index is 3.57. The quantitative estimate of drug-likeness (QED) is 0.352. The molecule has 100 valence electrons. The Labute approximate surface area is 104 Å². The van der Waals surface area contributed by atoms with Crippen LogP contribution < -0.4 is 0 Å². The SMILES string of the molecule is CC/C=C\CCOC(O)(O)OCC/C=C\CC. The Kier molecular flexibility index (Phi) is 10.1. The first-order valence-corrected chi connectivity index (χ1v) is 6.15. The zero-order valence-corrected chi connectivity index (χ0v) is 10.8. The van der Waals surface area contributed by atoms with Crippen LogP contribution in [-0.2, 0) is 9.47 Å². The molecule has 4 heteroatoms. The maximum absolute atomic E-state index is 9.29. The Bertz CT molecular complexity index is 199. The standard InChI is InChI=1S/C13H24O4/c1-3-5-7-9-11-16-13(14,15)17-12-10-8-6-4-2/h5-8,14-15H,3-4,9-12H2,1-2H3/b7-5-,8-6-. The number of hydrogen-bond acceptors (Lipinski definition) is 4. The summed E-state index contributed by atoms with van der Waals surface area (Å²) in [6.45, 7) is 4.50. The van der Waals surface area contributed by atoms with Crippen LogP contribution in [-0.4, -0.2) is 29.6 Å². The summed E-state index contributed by atoms with van der Waals surface area (Å²) >= 11 is 0. The van der Waals surface area contributed by atoms with Crippen LogP contribution in [0, 0.1) is 0 Å². The van der Waals surface area contributed by atoms with Crippen LogP contribution in [0.15, 0.2) is 24.3 Å². The van der Waals surface area contributed by atoms with Gasteiger partial charge in [0, 0.05) is 0 Å². The van der Waals surface area contributed by atoms with Gasteiger partial charge in [0.2, 0.25) is 0 Å². The molecule has 0 aliphatic rings. The molecule has 0 radical (unpaired) electrons. The van der Waals surface area contributed by atoms with Crippen molar-refractivity contribution in [3.63, 3.8) is 0 Å². The molecule has 0 rings (SSSR count). The van der Waals surface area contributed by atoms with Crippen molar-refractivity contribution in [3.8, 4) is 0 Å². The van der Waals surface area contributed by atoms with Gasteiger partial charge in [-0.3, -0.25) is 0 Å². The van der Waals surface area contributed by atoms with Crippen molar-refractivity contribution in [2.24, 2.45) is 0 Å². The van der Waals surface area contributed by atoms with E-state index in [1.54, 1.807) is 0 Å². The summed E-state index contributed by atoms with van der Waals surface area (Å²) in [7, 11) is 0. The summed E-state index contributed by atoms with van der Waals surface area (Å²) in [4.78, 5) is 0. The largest absolute Gasteiger partial charge is 0.407 e. The third kappa shape index (κ3) is 11.6. The molecule has 0 unspecified atom stereocenters. The van der Waals surface area contributed by atoms with E-state index >= 15 is 0 Å². The molecule has 0 saturated carbocycles. The highest BCUT2D eigenvalue weighted by Crippen LogP contribution is 2.06. The van der Waals surface area contributed by atoms with E-state index < -0.39 is 6.16 Å². The topological polar surface area (TPSA) is 58.9 Å². The smallest absolute Gasteiger partial charge is 0.319 e. The van der Waals surface area contributed by atoms with Gasteiger partial charge in [-0.05, 0) is 25.7 Å². The van der Waals surface area contributed by atoms with Gasteiger partial charge in [-0.1, -0.05) is 38.2 Å².